The minimum Gasteiger partial charge on any atom is -0.379 e. The lowest BCUT2D eigenvalue weighted by molar-refractivity contribution is 0.0382. The molecule has 1 aliphatic rings. The number of morpholine rings is 1. The van der Waals surface area contributed by atoms with Crippen LogP contribution in [0.2, 0.25) is 0 Å². The van der Waals surface area contributed by atoms with E-state index in [0.29, 0.717) is 11.2 Å². The topological polar surface area (TPSA) is 66.5 Å². The molecule has 0 bridgehead atoms. The zero-order valence-corrected chi connectivity index (χ0v) is 13.9. The highest BCUT2D eigenvalue weighted by Crippen LogP contribution is 2.22. The van der Waals surface area contributed by atoms with E-state index in [1.165, 1.54) is 0 Å². The summed E-state index contributed by atoms with van der Waals surface area (Å²) in [5.41, 5.74) is 3.17. The number of pyridine rings is 1. The van der Waals surface area contributed by atoms with Crippen molar-refractivity contribution in [1.29, 1.82) is 5.26 Å². The van der Waals surface area contributed by atoms with Gasteiger partial charge in [-0.15, -0.1) is 0 Å². The number of hydrogen-bond acceptors (Lipinski definition) is 5. The van der Waals surface area contributed by atoms with Gasteiger partial charge in [-0.1, -0.05) is 30.3 Å². The predicted octanol–water partition coefficient (Wildman–Crippen LogP) is 2.14. The van der Waals surface area contributed by atoms with E-state index in [-0.39, 0.29) is 0 Å². The Labute approximate surface area is 146 Å². The molecule has 1 aromatic carbocycles. The van der Waals surface area contributed by atoms with Gasteiger partial charge in [-0.05, 0) is 12.1 Å². The minimum absolute atomic E-state index is 0.546. The molecule has 0 aliphatic carbocycles. The Balaban J connectivity index is 1.67. The number of aromatic nitrogens is 3. The average Bonchev–Trinajstić information content (AvgIpc) is 3.11. The molecule has 2 aromatic heterocycles. The molecule has 25 heavy (non-hydrogen) atoms. The summed E-state index contributed by atoms with van der Waals surface area (Å²) < 4.78 is 7.18. The van der Waals surface area contributed by atoms with E-state index >= 15 is 0 Å². The van der Waals surface area contributed by atoms with Crippen LogP contribution in [-0.4, -0.2) is 52.3 Å². The molecule has 0 N–H and O–H groups in total. The van der Waals surface area contributed by atoms with E-state index in [0.717, 1.165) is 56.4 Å². The van der Waals surface area contributed by atoms with Gasteiger partial charge in [0.1, 0.15) is 6.07 Å². The van der Waals surface area contributed by atoms with Gasteiger partial charge < -0.3 is 4.74 Å². The molecule has 0 amide bonds. The first-order chi connectivity index (χ1) is 12.3. The number of hydrogen-bond donors (Lipinski definition) is 0. The van der Waals surface area contributed by atoms with Gasteiger partial charge >= 0.3 is 0 Å². The van der Waals surface area contributed by atoms with Crippen LogP contribution < -0.4 is 0 Å². The van der Waals surface area contributed by atoms with Crippen molar-refractivity contribution in [2.24, 2.45) is 0 Å². The van der Waals surface area contributed by atoms with Gasteiger partial charge in [0.05, 0.1) is 24.5 Å². The van der Waals surface area contributed by atoms with E-state index in [1.807, 2.05) is 42.5 Å². The van der Waals surface area contributed by atoms with Crippen molar-refractivity contribution in [3.8, 4) is 17.3 Å². The zero-order chi connectivity index (χ0) is 17.1. The van der Waals surface area contributed by atoms with E-state index in [1.54, 1.807) is 4.52 Å². The van der Waals surface area contributed by atoms with Crippen molar-refractivity contribution in [3.63, 3.8) is 0 Å². The molecule has 0 unspecified atom stereocenters. The summed E-state index contributed by atoms with van der Waals surface area (Å²) in [6.45, 7) is 4.38. The third-order valence-corrected chi connectivity index (χ3v) is 4.47. The highest BCUT2D eigenvalue weighted by atomic mass is 16.5. The van der Waals surface area contributed by atoms with Crippen LogP contribution in [0.25, 0.3) is 16.9 Å². The van der Waals surface area contributed by atoms with Crippen LogP contribution in [0, 0.1) is 11.3 Å². The molecule has 0 atom stereocenters. The lowest BCUT2D eigenvalue weighted by Crippen LogP contribution is -2.37. The van der Waals surface area contributed by atoms with Crippen molar-refractivity contribution >= 4 is 5.65 Å². The number of nitrogens with zero attached hydrogens (tertiary/aromatic N) is 5. The van der Waals surface area contributed by atoms with E-state index in [4.69, 9.17) is 4.74 Å². The lowest BCUT2D eigenvalue weighted by Gasteiger charge is -2.25. The van der Waals surface area contributed by atoms with Crippen LogP contribution >= 0.6 is 0 Å². The quantitative estimate of drug-likeness (QED) is 0.732. The molecule has 0 radical (unpaired) electrons. The Morgan fingerprint density at radius 1 is 1.08 bits per heavy atom. The molecule has 0 spiro atoms. The average molecular weight is 333 g/mol. The van der Waals surface area contributed by atoms with Gasteiger partial charge in [-0.3, -0.25) is 4.90 Å². The maximum absolute atomic E-state index is 9.39. The molecule has 3 heterocycles. The lowest BCUT2D eigenvalue weighted by atomic mass is 10.1. The smallest absolute Gasteiger partial charge is 0.174 e. The van der Waals surface area contributed by atoms with Crippen LogP contribution in [-0.2, 0) is 11.2 Å². The highest BCUT2D eigenvalue weighted by Gasteiger charge is 2.15. The van der Waals surface area contributed by atoms with Gasteiger partial charge in [-0.25, -0.2) is 9.50 Å². The number of nitriles is 1. The second kappa shape index (κ2) is 7.01. The molecule has 4 rings (SSSR count). The molecule has 0 saturated carbocycles. The minimum atomic E-state index is 0.546. The Bertz CT molecular complexity index is 907. The summed E-state index contributed by atoms with van der Waals surface area (Å²) in [5.74, 6) is 0.770. The molecular weight excluding hydrogens is 314 g/mol. The largest absolute Gasteiger partial charge is 0.379 e. The Morgan fingerprint density at radius 2 is 1.88 bits per heavy atom. The summed E-state index contributed by atoms with van der Waals surface area (Å²) in [6.07, 6.45) is 0.765. The predicted molar refractivity (Wildman–Crippen MR) is 94.1 cm³/mol. The van der Waals surface area contributed by atoms with Crippen LogP contribution in [0.1, 0.15) is 11.4 Å². The molecule has 126 valence electrons. The maximum Gasteiger partial charge on any atom is 0.174 e. The molecule has 3 aromatic rings. The second-order valence-corrected chi connectivity index (χ2v) is 6.08. The van der Waals surface area contributed by atoms with Crippen molar-refractivity contribution in [1.82, 2.24) is 19.5 Å². The van der Waals surface area contributed by atoms with Gasteiger partial charge in [0.2, 0.25) is 0 Å². The normalized spacial score (nSPS) is 15.3. The summed E-state index contributed by atoms with van der Waals surface area (Å²) in [6, 6.07) is 16.0. The maximum atomic E-state index is 9.39. The van der Waals surface area contributed by atoms with Crippen molar-refractivity contribution in [2.75, 3.05) is 32.8 Å². The zero-order valence-electron chi connectivity index (χ0n) is 13.9. The van der Waals surface area contributed by atoms with Crippen molar-refractivity contribution in [2.45, 2.75) is 6.42 Å². The molecule has 6 heteroatoms. The number of rotatable bonds is 4. The summed E-state index contributed by atoms with van der Waals surface area (Å²) in [5, 5.41) is 14.1. The van der Waals surface area contributed by atoms with Gasteiger partial charge in [0, 0.05) is 31.6 Å². The summed E-state index contributed by atoms with van der Waals surface area (Å²) >= 11 is 0. The van der Waals surface area contributed by atoms with Crippen molar-refractivity contribution < 1.29 is 4.74 Å². The third-order valence-electron chi connectivity index (χ3n) is 4.47. The van der Waals surface area contributed by atoms with Gasteiger partial charge in [-0.2, -0.15) is 10.4 Å². The standard InChI is InChI=1S/C19H19N5O/c20-14-16-6-7-17(15-4-2-1-3-5-15)24-19(16)21-18(22-24)8-9-23-10-12-25-13-11-23/h1-7H,8-13H2. The molecule has 1 aliphatic heterocycles. The van der Waals surface area contributed by atoms with Crippen LogP contribution in [0.4, 0.5) is 0 Å². The number of benzene rings is 1. The Hall–Kier alpha value is -2.75. The van der Waals surface area contributed by atoms with Gasteiger partial charge in [0.15, 0.2) is 11.5 Å². The molecule has 1 saturated heterocycles. The molecular formula is C19H19N5O. The molecule has 6 nitrogen and oxygen atoms in total. The van der Waals surface area contributed by atoms with Gasteiger partial charge in [0.25, 0.3) is 0 Å². The van der Waals surface area contributed by atoms with Crippen LogP contribution in [0.5, 0.6) is 0 Å². The first-order valence-electron chi connectivity index (χ1n) is 8.49. The summed E-state index contributed by atoms with van der Waals surface area (Å²) in [4.78, 5) is 6.99. The summed E-state index contributed by atoms with van der Waals surface area (Å²) in [7, 11) is 0. The monoisotopic (exact) mass is 333 g/mol. The highest BCUT2D eigenvalue weighted by molar-refractivity contribution is 5.67. The fourth-order valence-corrected chi connectivity index (χ4v) is 3.11. The SMILES string of the molecule is N#Cc1ccc(-c2ccccc2)n2nc(CCN3CCOCC3)nc12. The number of ether oxygens (including phenoxy) is 1. The third kappa shape index (κ3) is 3.25. The first kappa shape index (κ1) is 15.8. The van der Waals surface area contributed by atoms with Crippen LogP contribution in [0.15, 0.2) is 42.5 Å². The van der Waals surface area contributed by atoms with E-state index in [9.17, 15) is 5.26 Å². The van der Waals surface area contributed by atoms with Crippen LogP contribution in [0.3, 0.4) is 0 Å². The fourth-order valence-electron chi connectivity index (χ4n) is 3.11. The first-order valence-corrected chi connectivity index (χ1v) is 8.49. The Morgan fingerprint density at radius 3 is 2.64 bits per heavy atom. The van der Waals surface area contributed by atoms with Crippen molar-refractivity contribution in [3.05, 3.63) is 53.9 Å². The second-order valence-electron chi connectivity index (χ2n) is 6.08. The van der Waals surface area contributed by atoms with E-state index < -0.39 is 0 Å². The molecule has 1 fully saturated rings. The Kier molecular flexibility index (Phi) is 4.42. The van der Waals surface area contributed by atoms with E-state index in [2.05, 4.69) is 21.1 Å². The fraction of sp³-hybridized carbons (Fsp3) is 0.316. The number of fused-ring (bicyclic) bond motifs is 1.